The number of methoxy groups -OCH3 is 1. The molecular weight excluding hydrogens is 298 g/mol. The maximum absolute atomic E-state index is 12.3. The van der Waals surface area contributed by atoms with Crippen LogP contribution in [0.5, 0.6) is 0 Å². The summed E-state index contributed by atoms with van der Waals surface area (Å²) in [6.45, 7) is 4.88. The minimum atomic E-state index is -0.353. The van der Waals surface area contributed by atoms with Gasteiger partial charge in [0.05, 0.1) is 12.2 Å². The van der Waals surface area contributed by atoms with Crippen LogP contribution in [0.2, 0.25) is 0 Å². The molecule has 0 aromatic heterocycles. The van der Waals surface area contributed by atoms with E-state index in [9.17, 15) is 10.1 Å². The summed E-state index contributed by atoms with van der Waals surface area (Å²) >= 11 is 0. The van der Waals surface area contributed by atoms with Gasteiger partial charge in [0.25, 0.3) is 0 Å². The molecular formula is C21H31NO2. The van der Waals surface area contributed by atoms with Gasteiger partial charge in [-0.1, -0.05) is 13.8 Å². The molecule has 0 radical (unpaired) electrons. The lowest BCUT2D eigenvalue weighted by molar-refractivity contribution is -0.148. The zero-order valence-corrected chi connectivity index (χ0v) is 15.4. The van der Waals surface area contributed by atoms with Gasteiger partial charge in [-0.2, -0.15) is 5.26 Å². The number of carbonyl (C=O) groups excluding carboxylic acids is 1. The van der Waals surface area contributed by atoms with E-state index in [2.05, 4.69) is 19.9 Å². The zero-order chi connectivity index (χ0) is 17.1. The van der Waals surface area contributed by atoms with Crippen molar-refractivity contribution in [2.75, 3.05) is 7.11 Å². The third kappa shape index (κ3) is 2.08. The van der Waals surface area contributed by atoms with E-state index in [1.807, 2.05) is 7.11 Å². The molecule has 3 unspecified atom stereocenters. The standard InChI is InChI=1S/C21H31NO2/c1-20-9-8-17-15(16(20)6-7-19(20)24-3)5-4-14-10-18(23)13(12-22)11-21(14,17)2/h13-17,19H,4-11H2,1-3H3/t13?,14?,15-,16-,17+,19?,20-,21-/m0/s1. The molecule has 3 nitrogen and oxygen atoms in total. The van der Waals surface area contributed by atoms with Gasteiger partial charge in [-0.3, -0.25) is 4.79 Å². The van der Waals surface area contributed by atoms with Crippen molar-refractivity contribution in [3.8, 4) is 6.07 Å². The number of ether oxygens (including phenoxy) is 1. The first-order valence-electron chi connectivity index (χ1n) is 9.89. The fraction of sp³-hybridized carbons (Fsp3) is 0.905. The summed E-state index contributed by atoms with van der Waals surface area (Å²) in [5, 5.41) is 9.43. The van der Waals surface area contributed by atoms with Gasteiger partial charge in [-0.05, 0) is 79.4 Å². The Morgan fingerprint density at radius 2 is 1.83 bits per heavy atom. The third-order valence-electron chi connectivity index (χ3n) is 8.90. The summed E-state index contributed by atoms with van der Waals surface area (Å²) in [5.41, 5.74) is 0.544. The van der Waals surface area contributed by atoms with E-state index in [1.165, 1.54) is 38.5 Å². The highest BCUT2D eigenvalue weighted by Crippen LogP contribution is 2.66. The van der Waals surface area contributed by atoms with Gasteiger partial charge < -0.3 is 4.74 Å². The Morgan fingerprint density at radius 1 is 1.08 bits per heavy atom. The van der Waals surface area contributed by atoms with E-state index in [0.717, 1.165) is 18.3 Å². The molecule has 4 saturated carbocycles. The second-order valence-corrected chi connectivity index (χ2v) is 9.56. The van der Waals surface area contributed by atoms with Crippen LogP contribution < -0.4 is 0 Å². The molecule has 3 heteroatoms. The fourth-order valence-electron chi connectivity index (χ4n) is 7.58. The number of carbonyl (C=O) groups is 1. The van der Waals surface area contributed by atoms with E-state index in [1.54, 1.807) is 0 Å². The highest BCUT2D eigenvalue weighted by atomic mass is 16.5. The molecule has 24 heavy (non-hydrogen) atoms. The molecule has 0 aromatic carbocycles. The average Bonchev–Trinajstić information content (AvgIpc) is 2.91. The molecule has 0 aliphatic heterocycles. The average molecular weight is 329 g/mol. The first-order valence-corrected chi connectivity index (χ1v) is 9.89. The number of ketones is 1. The SMILES string of the molecule is COC1CC[C@H]2[C@@H]3CCC4CC(=O)C(C#N)C[C@]4(C)[C@@H]3CC[C@]12C. The maximum atomic E-state index is 12.3. The molecule has 4 rings (SSSR count). The van der Waals surface area contributed by atoms with Gasteiger partial charge in [0, 0.05) is 13.5 Å². The van der Waals surface area contributed by atoms with Crippen LogP contribution in [0.1, 0.15) is 65.2 Å². The van der Waals surface area contributed by atoms with E-state index in [0.29, 0.717) is 29.8 Å². The second kappa shape index (κ2) is 5.56. The van der Waals surface area contributed by atoms with E-state index in [-0.39, 0.29) is 17.1 Å². The van der Waals surface area contributed by atoms with Crippen molar-refractivity contribution in [3.05, 3.63) is 0 Å². The number of hydrogen-bond donors (Lipinski definition) is 0. The molecule has 0 saturated heterocycles. The minimum Gasteiger partial charge on any atom is -0.381 e. The summed E-state index contributed by atoms with van der Waals surface area (Å²) in [7, 11) is 1.88. The van der Waals surface area contributed by atoms with Crippen LogP contribution in [0.25, 0.3) is 0 Å². The Bertz CT molecular complexity index is 581. The quantitative estimate of drug-likeness (QED) is 0.718. The summed E-state index contributed by atoms with van der Waals surface area (Å²) < 4.78 is 5.86. The van der Waals surface area contributed by atoms with Crippen molar-refractivity contribution in [1.82, 2.24) is 0 Å². The van der Waals surface area contributed by atoms with Gasteiger partial charge in [0.2, 0.25) is 0 Å². The Hall–Kier alpha value is -0.880. The Balaban J connectivity index is 1.64. The predicted molar refractivity (Wildman–Crippen MR) is 92.0 cm³/mol. The van der Waals surface area contributed by atoms with Crippen molar-refractivity contribution in [1.29, 1.82) is 5.26 Å². The predicted octanol–water partition coefficient (Wildman–Crippen LogP) is 4.36. The van der Waals surface area contributed by atoms with E-state index in [4.69, 9.17) is 4.74 Å². The van der Waals surface area contributed by atoms with Crippen molar-refractivity contribution in [3.63, 3.8) is 0 Å². The second-order valence-electron chi connectivity index (χ2n) is 9.56. The molecule has 0 heterocycles. The highest BCUT2D eigenvalue weighted by Gasteiger charge is 2.61. The number of rotatable bonds is 1. The Kier molecular flexibility index (Phi) is 3.84. The van der Waals surface area contributed by atoms with Crippen LogP contribution in [0, 0.1) is 51.8 Å². The van der Waals surface area contributed by atoms with Gasteiger partial charge in [-0.15, -0.1) is 0 Å². The molecule has 132 valence electrons. The minimum absolute atomic E-state index is 0.198. The normalized spacial score (nSPS) is 53.7. The molecule has 0 spiro atoms. The van der Waals surface area contributed by atoms with Crippen LogP contribution in [-0.4, -0.2) is 19.0 Å². The smallest absolute Gasteiger partial charge is 0.150 e. The summed E-state index contributed by atoms with van der Waals surface area (Å²) in [6, 6.07) is 2.31. The number of Topliss-reactive ketones (excluding diaryl/α,β-unsaturated/α-hetero) is 1. The van der Waals surface area contributed by atoms with Crippen molar-refractivity contribution >= 4 is 5.78 Å². The summed E-state index contributed by atoms with van der Waals surface area (Å²) in [6.07, 6.45) is 9.39. The molecule has 0 amide bonds. The van der Waals surface area contributed by atoms with Gasteiger partial charge >= 0.3 is 0 Å². The third-order valence-corrected chi connectivity index (χ3v) is 8.90. The largest absolute Gasteiger partial charge is 0.381 e. The number of nitriles is 1. The monoisotopic (exact) mass is 329 g/mol. The van der Waals surface area contributed by atoms with Gasteiger partial charge in [0.1, 0.15) is 11.7 Å². The van der Waals surface area contributed by atoms with Crippen molar-refractivity contribution in [2.45, 2.75) is 71.3 Å². The van der Waals surface area contributed by atoms with Crippen molar-refractivity contribution < 1.29 is 9.53 Å². The number of fused-ring (bicyclic) bond motifs is 5. The van der Waals surface area contributed by atoms with Crippen LogP contribution in [0.3, 0.4) is 0 Å². The van der Waals surface area contributed by atoms with E-state index >= 15 is 0 Å². The lowest BCUT2D eigenvalue weighted by Gasteiger charge is -2.60. The molecule has 8 atom stereocenters. The summed E-state index contributed by atoms with van der Waals surface area (Å²) in [4.78, 5) is 12.3. The molecule has 4 fully saturated rings. The van der Waals surface area contributed by atoms with Gasteiger partial charge in [-0.25, -0.2) is 0 Å². The lowest BCUT2D eigenvalue weighted by atomic mass is 9.44. The van der Waals surface area contributed by atoms with Crippen LogP contribution in [0.15, 0.2) is 0 Å². The highest BCUT2D eigenvalue weighted by molar-refractivity contribution is 5.84. The molecule has 4 aliphatic carbocycles. The van der Waals surface area contributed by atoms with E-state index < -0.39 is 0 Å². The Morgan fingerprint density at radius 3 is 2.54 bits per heavy atom. The lowest BCUT2D eigenvalue weighted by Crippen LogP contribution is -2.55. The molecule has 0 aromatic rings. The van der Waals surface area contributed by atoms with Crippen LogP contribution in [0.4, 0.5) is 0 Å². The fourth-order valence-corrected chi connectivity index (χ4v) is 7.58. The zero-order valence-electron chi connectivity index (χ0n) is 15.4. The maximum Gasteiger partial charge on any atom is 0.150 e. The topological polar surface area (TPSA) is 50.1 Å². The van der Waals surface area contributed by atoms with Crippen molar-refractivity contribution in [2.24, 2.45) is 40.4 Å². The summed E-state index contributed by atoms with van der Waals surface area (Å²) in [5.74, 6) is 2.62. The first kappa shape index (κ1) is 16.6. The number of nitrogens with zero attached hydrogens (tertiary/aromatic N) is 1. The first-order chi connectivity index (χ1) is 11.4. The molecule has 0 N–H and O–H groups in total. The van der Waals surface area contributed by atoms with Crippen LogP contribution in [-0.2, 0) is 9.53 Å². The number of hydrogen-bond acceptors (Lipinski definition) is 3. The van der Waals surface area contributed by atoms with Crippen LogP contribution >= 0.6 is 0 Å². The molecule has 0 bridgehead atoms. The van der Waals surface area contributed by atoms with Gasteiger partial charge in [0.15, 0.2) is 0 Å². The molecule has 4 aliphatic rings. The Labute approximate surface area is 146 Å².